The Morgan fingerprint density at radius 1 is 0.429 bits per heavy atom. The lowest BCUT2D eigenvalue weighted by atomic mass is 9.92. The zero-order chi connectivity index (χ0) is 53.1. The zero-order valence-corrected chi connectivity index (χ0v) is 40.8. The number of rotatable bonds is 7. The van der Waals surface area contributed by atoms with E-state index in [2.05, 4.69) is 27.9 Å². The van der Waals surface area contributed by atoms with Crippen molar-refractivity contribution in [1.82, 2.24) is 9.13 Å². The average Bonchev–Trinajstić information content (AvgIpc) is 4.23. The van der Waals surface area contributed by atoms with Crippen LogP contribution in [0.2, 0.25) is 0 Å². The quantitative estimate of drug-likeness (QED) is 0.149. The Kier molecular flexibility index (Phi) is 11.3. The van der Waals surface area contributed by atoms with E-state index in [9.17, 15) is 22.4 Å². The molecule has 0 saturated carbocycles. The van der Waals surface area contributed by atoms with E-state index in [1.54, 1.807) is 61.5 Å². The minimum atomic E-state index is -4.78. The van der Waals surface area contributed by atoms with E-state index in [4.69, 9.17) is 6.57 Å². The fourth-order valence-corrected chi connectivity index (χ4v) is 11.1. The van der Waals surface area contributed by atoms with Gasteiger partial charge < -0.3 is 9.13 Å². The molecule has 0 radical (unpaired) electrons. The normalized spacial score (nSPS) is 11.3. The van der Waals surface area contributed by atoms with Crippen LogP contribution in [0.1, 0.15) is 27.8 Å². The minimum absolute atomic E-state index is 0.0654. The summed E-state index contributed by atoms with van der Waals surface area (Å²) in [5.74, 6) is 0. The fourth-order valence-electron chi connectivity index (χ4n) is 11.1. The maximum atomic E-state index is 15.5. The molecule has 0 fully saturated rings. The lowest BCUT2D eigenvalue weighted by Crippen LogP contribution is -2.10. The molecule has 10 aromatic carbocycles. The van der Waals surface area contributed by atoms with Crippen molar-refractivity contribution >= 4 is 55.0 Å². The van der Waals surface area contributed by atoms with Crippen molar-refractivity contribution in [2.45, 2.75) is 13.1 Å². The number of nitrogens with zero attached hydrogens (tertiary/aromatic N) is 7. The smallest absolute Gasteiger partial charge is 0.319 e. The van der Waals surface area contributed by atoms with Gasteiger partial charge in [0.2, 0.25) is 5.69 Å². The van der Waals surface area contributed by atoms with Crippen molar-refractivity contribution in [2.75, 3.05) is 0 Å². The van der Waals surface area contributed by atoms with Crippen molar-refractivity contribution in [3.05, 3.63) is 251 Å². The molecule has 0 saturated heterocycles. The first-order chi connectivity index (χ1) is 37.5. The lowest BCUT2D eigenvalue weighted by molar-refractivity contribution is -0.137. The summed E-state index contributed by atoms with van der Waals surface area (Å²) in [5, 5.41) is 33.6. The third-order valence-electron chi connectivity index (χ3n) is 14.5. The summed E-state index contributed by atoms with van der Waals surface area (Å²) in [5.41, 5.74) is 10.5. The van der Waals surface area contributed by atoms with Gasteiger partial charge in [-0.15, -0.1) is 0 Å². The van der Waals surface area contributed by atoms with Gasteiger partial charge >= 0.3 is 6.18 Å². The number of aryl methyl sites for hydroxylation is 1. The Labute approximate surface area is 440 Å². The van der Waals surface area contributed by atoms with Crippen LogP contribution in [0.3, 0.4) is 0 Å². The molecule has 0 bridgehead atoms. The van der Waals surface area contributed by atoms with E-state index in [-0.39, 0.29) is 22.5 Å². The first-order valence-electron chi connectivity index (χ1n) is 24.4. The standard InChI is InChI=1S/C67H36F3N7/c1-40-13-12-21-57(67(68,69)70)64(40)52-27-32-63(76-59-28-23-41(48-17-7-4-14-45(48)37-71)33-53(59)54-34-42(24-29-60(54)76)49-18-8-5-15-46(49)38-72)65(75-3)66(52)77-61-30-25-43(50-19-9-6-16-47(50)39-73)35-55(61)56-36-44(26-31-62(56)77)51-20-10-11-22-58(51)74-2/h4-36H,1H3. The average molecular weight is 996 g/mol. The van der Waals surface area contributed by atoms with Gasteiger partial charge in [0.1, 0.15) is 0 Å². The molecule has 0 spiro atoms. The van der Waals surface area contributed by atoms with Gasteiger partial charge in [-0.3, -0.25) is 0 Å². The maximum Gasteiger partial charge on any atom is 0.417 e. The van der Waals surface area contributed by atoms with Crippen molar-refractivity contribution in [3.8, 4) is 85.2 Å². The first-order valence-corrected chi connectivity index (χ1v) is 24.4. The van der Waals surface area contributed by atoms with E-state index in [1.807, 2.05) is 143 Å². The minimum Gasteiger partial charge on any atom is -0.319 e. The number of benzene rings is 10. The highest BCUT2D eigenvalue weighted by Crippen LogP contribution is 2.50. The van der Waals surface area contributed by atoms with Crippen molar-refractivity contribution in [3.63, 3.8) is 0 Å². The van der Waals surface area contributed by atoms with Crippen molar-refractivity contribution < 1.29 is 13.2 Å². The third kappa shape index (κ3) is 7.63. The Bertz CT molecular complexity index is 4480. The van der Waals surface area contributed by atoms with E-state index >= 15 is 13.2 Å². The van der Waals surface area contributed by atoms with Crippen LogP contribution in [-0.4, -0.2) is 9.13 Å². The Balaban J connectivity index is 1.23. The van der Waals surface area contributed by atoms with Crippen LogP contribution >= 0.6 is 0 Å². The summed E-state index contributed by atoms with van der Waals surface area (Å²) in [6, 6.07) is 66.9. The van der Waals surface area contributed by atoms with Crippen LogP contribution in [0.5, 0.6) is 0 Å². The summed E-state index contributed by atoms with van der Waals surface area (Å²) in [6.45, 7) is 18.9. The van der Waals surface area contributed by atoms with Crippen LogP contribution in [0.4, 0.5) is 24.5 Å². The second-order valence-electron chi connectivity index (χ2n) is 18.6. The second-order valence-corrected chi connectivity index (χ2v) is 18.6. The number of nitriles is 3. The topological polar surface area (TPSA) is 90.0 Å². The van der Waals surface area contributed by atoms with Crippen LogP contribution < -0.4 is 0 Å². The largest absolute Gasteiger partial charge is 0.417 e. The number of para-hydroxylation sites is 1. The second kappa shape index (κ2) is 18.5. The van der Waals surface area contributed by atoms with Gasteiger partial charge in [-0.05, 0) is 147 Å². The van der Waals surface area contributed by atoms with Gasteiger partial charge in [0.15, 0.2) is 5.69 Å². The molecule has 0 aliphatic heterocycles. The summed E-state index contributed by atoms with van der Waals surface area (Å²) in [7, 11) is 0. The van der Waals surface area contributed by atoms with Crippen LogP contribution in [0, 0.1) is 54.1 Å². The number of aromatic nitrogens is 2. The van der Waals surface area contributed by atoms with Gasteiger partial charge in [-0.25, -0.2) is 9.69 Å². The van der Waals surface area contributed by atoms with Gasteiger partial charge in [0, 0.05) is 21.5 Å². The Morgan fingerprint density at radius 2 is 0.844 bits per heavy atom. The molecule has 10 heteroatoms. The molecule has 77 heavy (non-hydrogen) atoms. The number of halogens is 3. The van der Waals surface area contributed by atoms with Gasteiger partial charge in [-0.2, -0.15) is 29.0 Å². The van der Waals surface area contributed by atoms with Crippen LogP contribution in [0.25, 0.3) is 120 Å². The monoisotopic (exact) mass is 995 g/mol. The molecule has 0 unspecified atom stereocenters. The van der Waals surface area contributed by atoms with Crippen LogP contribution in [-0.2, 0) is 6.18 Å². The van der Waals surface area contributed by atoms with Crippen LogP contribution in [0.15, 0.2) is 200 Å². The highest BCUT2D eigenvalue weighted by atomic mass is 19.4. The predicted octanol–water partition coefficient (Wildman–Crippen LogP) is 18.3. The van der Waals surface area contributed by atoms with E-state index in [0.29, 0.717) is 77.6 Å². The fraction of sp³-hybridized carbons (Fsp3) is 0.0299. The molecule has 360 valence electrons. The van der Waals surface area contributed by atoms with Gasteiger partial charge in [0.25, 0.3) is 0 Å². The molecule has 7 nitrogen and oxygen atoms in total. The third-order valence-corrected chi connectivity index (χ3v) is 14.5. The number of hydrogen-bond donors (Lipinski definition) is 0. The summed E-state index contributed by atoms with van der Waals surface area (Å²) >= 11 is 0. The molecule has 0 amide bonds. The molecule has 0 N–H and O–H groups in total. The Hall–Kier alpha value is -11.0. The van der Waals surface area contributed by atoms with Gasteiger partial charge in [-0.1, -0.05) is 121 Å². The van der Waals surface area contributed by atoms with Gasteiger partial charge in [0.05, 0.1) is 87.0 Å². The molecule has 0 atom stereocenters. The molecule has 0 aliphatic rings. The molecule has 12 aromatic rings. The van der Waals surface area contributed by atoms with Crippen molar-refractivity contribution in [2.24, 2.45) is 0 Å². The summed E-state index contributed by atoms with van der Waals surface area (Å²) in [6.07, 6.45) is -4.78. The van der Waals surface area contributed by atoms with E-state index < -0.39 is 11.7 Å². The Morgan fingerprint density at radius 3 is 1.27 bits per heavy atom. The summed E-state index contributed by atoms with van der Waals surface area (Å²) < 4.78 is 50.4. The maximum absolute atomic E-state index is 15.5. The highest BCUT2D eigenvalue weighted by Gasteiger charge is 2.36. The first kappa shape index (κ1) is 47.1. The highest BCUT2D eigenvalue weighted by molar-refractivity contribution is 6.15. The zero-order valence-electron chi connectivity index (χ0n) is 40.8. The molecule has 12 rings (SSSR count). The molecular formula is C67H36F3N7. The molecular weight excluding hydrogens is 960 g/mol. The van der Waals surface area contributed by atoms with E-state index in [0.717, 1.165) is 50.2 Å². The van der Waals surface area contributed by atoms with E-state index in [1.165, 1.54) is 6.07 Å². The van der Waals surface area contributed by atoms with Crippen molar-refractivity contribution in [1.29, 1.82) is 15.8 Å². The SMILES string of the molecule is [C-]#[N+]c1ccccc1-c1ccc2c(c1)c1cc(-c3ccccc3C#N)ccc1n2-c1c(-c2c(C)cccc2C(F)(F)F)ccc(-n2c3ccc(-c4ccccc4C#N)cc3c3cc(-c4ccccc4C#N)ccc32)c1[N+]#[C-]. The molecule has 2 heterocycles. The number of alkyl halides is 3. The number of fused-ring (bicyclic) bond motifs is 6. The molecule has 2 aromatic heterocycles. The lowest BCUT2D eigenvalue weighted by Gasteiger charge is -2.23. The molecule has 0 aliphatic carbocycles. The number of hydrogen-bond acceptors (Lipinski definition) is 3. The predicted molar refractivity (Wildman–Crippen MR) is 299 cm³/mol. The summed E-state index contributed by atoms with van der Waals surface area (Å²) in [4.78, 5) is 8.17.